The Balaban J connectivity index is 2.03. The van der Waals surface area contributed by atoms with Gasteiger partial charge in [-0.05, 0) is 37.7 Å². The number of nitrogens with zero attached hydrogens (tertiary/aromatic N) is 2. The minimum atomic E-state index is -0.101. The van der Waals surface area contributed by atoms with E-state index in [2.05, 4.69) is 22.4 Å². The van der Waals surface area contributed by atoms with E-state index in [4.69, 9.17) is 21.3 Å². The molecule has 0 saturated carbocycles. The van der Waals surface area contributed by atoms with Crippen LogP contribution in [0.3, 0.4) is 0 Å². The highest BCUT2D eigenvalue weighted by Crippen LogP contribution is 2.33. The Kier molecular flexibility index (Phi) is 4.65. The predicted molar refractivity (Wildman–Crippen MR) is 90.7 cm³/mol. The molecule has 0 N–H and O–H groups in total. The third-order valence-electron chi connectivity index (χ3n) is 4.01. The van der Waals surface area contributed by atoms with Crippen molar-refractivity contribution in [3.8, 4) is 5.75 Å². The smallest absolute Gasteiger partial charge is 0.146 e. The molecular formula is C16H21ClN2OS. The number of halogens is 1. The average molecular weight is 325 g/mol. The average Bonchev–Trinajstić information content (AvgIpc) is 2.87. The lowest BCUT2D eigenvalue weighted by atomic mass is 10.2. The molecule has 2 aromatic rings. The van der Waals surface area contributed by atoms with Gasteiger partial charge < -0.3 is 9.30 Å². The maximum Gasteiger partial charge on any atom is 0.146 e. The van der Waals surface area contributed by atoms with E-state index >= 15 is 0 Å². The summed E-state index contributed by atoms with van der Waals surface area (Å²) in [5.74, 6) is 3.04. The third-order valence-corrected chi connectivity index (χ3v) is 5.58. The van der Waals surface area contributed by atoms with Crippen molar-refractivity contribution in [3.63, 3.8) is 0 Å². The summed E-state index contributed by atoms with van der Waals surface area (Å²) >= 11 is 8.44. The zero-order chi connectivity index (χ0) is 14.8. The molecule has 1 aliphatic heterocycles. The van der Waals surface area contributed by atoms with Crippen molar-refractivity contribution in [3.05, 3.63) is 24.0 Å². The number of aromatic nitrogens is 2. The highest BCUT2D eigenvalue weighted by atomic mass is 35.5. The first-order valence-electron chi connectivity index (χ1n) is 7.49. The Morgan fingerprint density at radius 2 is 2.33 bits per heavy atom. The van der Waals surface area contributed by atoms with Crippen molar-refractivity contribution in [2.24, 2.45) is 0 Å². The van der Waals surface area contributed by atoms with Gasteiger partial charge in [-0.15, -0.1) is 11.6 Å². The Morgan fingerprint density at radius 1 is 1.48 bits per heavy atom. The molecule has 114 valence electrons. The fourth-order valence-electron chi connectivity index (χ4n) is 2.95. The zero-order valence-electron chi connectivity index (χ0n) is 12.5. The molecule has 0 amide bonds. The van der Waals surface area contributed by atoms with Crippen molar-refractivity contribution in [2.75, 3.05) is 12.9 Å². The lowest BCUT2D eigenvalue weighted by Gasteiger charge is -2.23. The van der Waals surface area contributed by atoms with Gasteiger partial charge >= 0.3 is 0 Å². The lowest BCUT2D eigenvalue weighted by molar-refractivity contribution is 0.419. The maximum atomic E-state index is 6.36. The topological polar surface area (TPSA) is 27.1 Å². The minimum absolute atomic E-state index is 0.101. The Labute approximate surface area is 135 Å². The van der Waals surface area contributed by atoms with Crippen LogP contribution in [0.2, 0.25) is 0 Å². The molecule has 2 unspecified atom stereocenters. The van der Waals surface area contributed by atoms with Gasteiger partial charge in [-0.3, -0.25) is 0 Å². The zero-order valence-corrected chi connectivity index (χ0v) is 14.1. The van der Waals surface area contributed by atoms with Gasteiger partial charge in [0, 0.05) is 11.8 Å². The third kappa shape index (κ3) is 3.02. The number of hydrogen-bond donors (Lipinski definition) is 0. The quantitative estimate of drug-likeness (QED) is 0.767. The molecule has 0 spiro atoms. The summed E-state index contributed by atoms with van der Waals surface area (Å²) < 4.78 is 7.73. The SMILES string of the molecule is COc1cccc2c1nc(C(C)Cl)n2CC1CCCCS1. The predicted octanol–water partition coefficient (Wildman–Crippen LogP) is 4.63. The number of thioether (sulfide) groups is 1. The number of fused-ring (bicyclic) bond motifs is 1. The molecule has 0 radical (unpaired) electrons. The molecule has 2 atom stereocenters. The number of rotatable bonds is 4. The second-order valence-electron chi connectivity index (χ2n) is 5.51. The van der Waals surface area contributed by atoms with E-state index in [0.29, 0.717) is 5.25 Å². The molecule has 1 aliphatic rings. The van der Waals surface area contributed by atoms with Crippen molar-refractivity contribution >= 4 is 34.4 Å². The minimum Gasteiger partial charge on any atom is -0.494 e. The van der Waals surface area contributed by atoms with Gasteiger partial charge in [-0.2, -0.15) is 11.8 Å². The second kappa shape index (κ2) is 6.49. The van der Waals surface area contributed by atoms with Crippen molar-refractivity contribution in [1.82, 2.24) is 9.55 Å². The number of benzene rings is 1. The van der Waals surface area contributed by atoms with Crippen LogP contribution in [0.4, 0.5) is 0 Å². The summed E-state index contributed by atoms with van der Waals surface area (Å²) in [6.45, 7) is 2.97. The Morgan fingerprint density at radius 3 is 3.00 bits per heavy atom. The van der Waals surface area contributed by atoms with E-state index in [0.717, 1.165) is 29.2 Å². The van der Waals surface area contributed by atoms with Crippen LogP contribution in [0.25, 0.3) is 11.0 Å². The van der Waals surface area contributed by atoms with Crippen LogP contribution in [-0.2, 0) is 6.54 Å². The number of para-hydroxylation sites is 1. The van der Waals surface area contributed by atoms with Gasteiger partial charge in [0.1, 0.15) is 17.1 Å². The lowest BCUT2D eigenvalue weighted by Crippen LogP contribution is -2.18. The van der Waals surface area contributed by atoms with Crippen LogP contribution in [0, 0.1) is 0 Å². The Hall–Kier alpha value is -0.870. The second-order valence-corrected chi connectivity index (χ2v) is 7.58. The first-order chi connectivity index (χ1) is 10.2. The molecular weight excluding hydrogens is 304 g/mol. The summed E-state index contributed by atoms with van der Waals surface area (Å²) in [6.07, 6.45) is 3.96. The Bertz CT molecular complexity index is 620. The summed E-state index contributed by atoms with van der Waals surface area (Å²) in [5.41, 5.74) is 2.05. The molecule has 2 heterocycles. The van der Waals surface area contributed by atoms with Gasteiger partial charge in [0.25, 0.3) is 0 Å². The van der Waals surface area contributed by atoms with Crippen molar-refractivity contribution < 1.29 is 4.74 Å². The normalized spacial score (nSPS) is 20.6. The first-order valence-corrected chi connectivity index (χ1v) is 8.98. The molecule has 0 aliphatic carbocycles. The van der Waals surface area contributed by atoms with E-state index < -0.39 is 0 Å². The number of methoxy groups -OCH3 is 1. The molecule has 21 heavy (non-hydrogen) atoms. The van der Waals surface area contributed by atoms with Gasteiger partial charge in [-0.1, -0.05) is 12.5 Å². The number of hydrogen-bond acceptors (Lipinski definition) is 3. The van der Waals surface area contributed by atoms with E-state index in [1.54, 1.807) is 7.11 Å². The highest BCUT2D eigenvalue weighted by molar-refractivity contribution is 7.99. The van der Waals surface area contributed by atoms with Crippen LogP contribution in [0.15, 0.2) is 18.2 Å². The first kappa shape index (κ1) is 15.0. The number of ether oxygens (including phenoxy) is 1. The molecule has 1 fully saturated rings. The van der Waals surface area contributed by atoms with Crippen molar-refractivity contribution in [1.29, 1.82) is 0 Å². The molecule has 5 heteroatoms. The van der Waals surface area contributed by atoms with Crippen LogP contribution in [0.1, 0.15) is 37.4 Å². The van der Waals surface area contributed by atoms with E-state index in [9.17, 15) is 0 Å². The monoisotopic (exact) mass is 324 g/mol. The summed E-state index contributed by atoms with van der Waals surface area (Å²) in [4.78, 5) is 4.75. The summed E-state index contributed by atoms with van der Waals surface area (Å²) in [7, 11) is 1.69. The molecule has 3 nitrogen and oxygen atoms in total. The van der Waals surface area contributed by atoms with Gasteiger partial charge in [-0.25, -0.2) is 4.98 Å². The fourth-order valence-corrected chi connectivity index (χ4v) is 4.41. The van der Waals surface area contributed by atoms with Crippen LogP contribution >= 0.6 is 23.4 Å². The molecule has 1 saturated heterocycles. The van der Waals surface area contributed by atoms with Gasteiger partial charge in [0.15, 0.2) is 0 Å². The molecule has 1 aromatic carbocycles. The highest BCUT2D eigenvalue weighted by Gasteiger charge is 2.21. The van der Waals surface area contributed by atoms with Gasteiger partial charge in [0.05, 0.1) is 18.0 Å². The van der Waals surface area contributed by atoms with Crippen LogP contribution in [0.5, 0.6) is 5.75 Å². The van der Waals surface area contributed by atoms with E-state index in [-0.39, 0.29) is 5.38 Å². The molecule has 1 aromatic heterocycles. The van der Waals surface area contributed by atoms with Crippen LogP contribution in [-0.4, -0.2) is 27.7 Å². The summed E-state index contributed by atoms with van der Waals surface area (Å²) in [5, 5.41) is 0.562. The molecule has 3 rings (SSSR count). The standard InChI is InChI=1S/C16H21ClN2OS/c1-11(17)16-18-15-13(7-5-8-14(15)20-2)19(16)10-12-6-3-4-9-21-12/h5,7-8,11-12H,3-4,6,9-10H2,1-2H3. The maximum absolute atomic E-state index is 6.36. The van der Waals surface area contributed by atoms with E-state index in [1.165, 1.54) is 25.0 Å². The van der Waals surface area contributed by atoms with Crippen LogP contribution < -0.4 is 4.74 Å². The summed E-state index contributed by atoms with van der Waals surface area (Å²) in [6, 6.07) is 6.09. The largest absolute Gasteiger partial charge is 0.494 e. The number of alkyl halides is 1. The van der Waals surface area contributed by atoms with E-state index in [1.807, 2.05) is 19.1 Å². The molecule has 0 bridgehead atoms. The van der Waals surface area contributed by atoms with Crippen molar-refractivity contribution in [2.45, 2.75) is 43.4 Å². The van der Waals surface area contributed by atoms with Gasteiger partial charge in [0.2, 0.25) is 0 Å². The fraction of sp³-hybridized carbons (Fsp3) is 0.562. The number of imidazole rings is 1.